The van der Waals surface area contributed by atoms with Crippen LogP contribution in [0.2, 0.25) is 0 Å². The monoisotopic (exact) mass is 483 g/mol. The first-order valence-corrected chi connectivity index (χ1v) is 13.9. The number of benzene rings is 1. The molecule has 4 bridgehead atoms. The molecular formula is C24H25N3O4S2. The SMILES string of the molecule is O=C(Nc1nnc(C23CC4CC(CC(C4)C2)C3)s1)c1ccc(CS(=O)(=O)c2ccccc2)o1. The number of nitrogens with zero attached hydrogens (tertiary/aromatic N) is 2. The van der Waals surface area contributed by atoms with Crippen molar-refractivity contribution < 1.29 is 17.6 Å². The maximum absolute atomic E-state index is 12.7. The van der Waals surface area contributed by atoms with Crippen molar-refractivity contribution >= 4 is 32.2 Å². The van der Waals surface area contributed by atoms with Crippen molar-refractivity contribution in [1.29, 1.82) is 0 Å². The number of anilines is 1. The Kier molecular flexibility index (Phi) is 4.95. The van der Waals surface area contributed by atoms with Gasteiger partial charge in [-0.15, -0.1) is 10.2 Å². The van der Waals surface area contributed by atoms with E-state index in [0.717, 1.165) is 22.8 Å². The molecule has 4 aliphatic carbocycles. The molecule has 1 amide bonds. The fourth-order valence-electron chi connectivity index (χ4n) is 6.50. The first kappa shape index (κ1) is 21.0. The average molecular weight is 484 g/mol. The lowest BCUT2D eigenvalue weighted by Gasteiger charge is -2.55. The van der Waals surface area contributed by atoms with Crippen molar-refractivity contribution in [3.8, 4) is 0 Å². The van der Waals surface area contributed by atoms with Crippen LogP contribution in [-0.2, 0) is 21.0 Å². The highest BCUT2D eigenvalue weighted by Gasteiger charge is 2.53. The second-order valence-electron chi connectivity index (χ2n) is 9.90. The second-order valence-corrected chi connectivity index (χ2v) is 12.9. The van der Waals surface area contributed by atoms with Gasteiger partial charge < -0.3 is 4.42 Å². The number of hydrogen-bond donors (Lipinski definition) is 1. The lowest BCUT2D eigenvalue weighted by molar-refractivity contribution is -0.00555. The van der Waals surface area contributed by atoms with Crippen molar-refractivity contribution in [2.24, 2.45) is 17.8 Å². The molecule has 3 aromatic rings. The van der Waals surface area contributed by atoms with Crippen LogP contribution in [-0.4, -0.2) is 24.5 Å². The maximum Gasteiger partial charge on any atom is 0.293 e. The molecule has 0 radical (unpaired) electrons. The Morgan fingerprint density at radius 1 is 1.00 bits per heavy atom. The van der Waals surface area contributed by atoms with Gasteiger partial charge in [-0.2, -0.15) is 0 Å². The Bertz CT molecular complexity index is 1260. The zero-order valence-corrected chi connectivity index (χ0v) is 19.7. The van der Waals surface area contributed by atoms with Crippen LogP contribution in [0.4, 0.5) is 5.13 Å². The second kappa shape index (κ2) is 7.77. The molecule has 0 saturated heterocycles. The number of rotatable bonds is 6. The van der Waals surface area contributed by atoms with E-state index < -0.39 is 15.7 Å². The molecule has 9 heteroatoms. The normalized spacial score (nSPS) is 28.2. The largest absolute Gasteiger partial charge is 0.455 e. The van der Waals surface area contributed by atoms with Gasteiger partial charge in [0.2, 0.25) is 5.13 Å². The first-order valence-electron chi connectivity index (χ1n) is 11.4. The standard InChI is InChI=1S/C24H25N3O4S2/c28-21(20-7-6-18(31-20)14-33(29,30)19-4-2-1-3-5-19)25-23-27-26-22(32-23)24-11-15-8-16(12-24)10-17(9-15)13-24/h1-7,15-17H,8-14H2,(H,25,27,28). The number of furan rings is 1. The summed E-state index contributed by atoms with van der Waals surface area (Å²) in [6.45, 7) is 0. The van der Waals surface area contributed by atoms with E-state index >= 15 is 0 Å². The number of sulfone groups is 1. The number of nitrogens with one attached hydrogen (secondary N) is 1. The van der Waals surface area contributed by atoms with Crippen LogP contribution >= 0.6 is 11.3 Å². The van der Waals surface area contributed by atoms with Gasteiger partial charge in [-0.25, -0.2) is 8.42 Å². The van der Waals surface area contributed by atoms with Gasteiger partial charge in [0.15, 0.2) is 15.6 Å². The van der Waals surface area contributed by atoms with Crippen LogP contribution in [0.5, 0.6) is 0 Å². The zero-order valence-electron chi connectivity index (χ0n) is 18.1. The molecule has 7 rings (SSSR count). The lowest BCUT2D eigenvalue weighted by Crippen LogP contribution is -2.48. The highest BCUT2D eigenvalue weighted by molar-refractivity contribution is 7.90. The zero-order chi connectivity index (χ0) is 22.6. The van der Waals surface area contributed by atoms with Gasteiger partial charge in [0, 0.05) is 5.41 Å². The maximum atomic E-state index is 12.7. The smallest absolute Gasteiger partial charge is 0.293 e. The van der Waals surface area contributed by atoms with E-state index in [4.69, 9.17) is 4.42 Å². The van der Waals surface area contributed by atoms with Crippen LogP contribution in [0.25, 0.3) is 0 Å². The van der Waals surface area contributed by atoms with Crippen molar-refractivity contribution in [2.75, 3.05) is 5.32 Å². The Labute approximate surface area is 196 Å². The van der Waals surface area contributed by atoms with Gasteiger partial charge in [0.1, 0.15) is 16.5 Å². The molecule has 172 valence electrons. The molecule has 0 spiro atoms. The third-order valence-corrected chi connectivity index (χ3v) is 10.2. The predicted molar refractivity (Wildman–Crippen MR) is 124 cm³/mol. The quantitative estimate of drug-likeness (QED) is 0.539. The summed E-state index contributed by atoms with van der Waals surface area (Å²) in [5, 5.41) is 13.0. The van der Waals surface area contributed by atoms with Crippen LogP contribution in [0.15, 0.2) is 51.8 Å². The molecule has 0 unspecified atom stereocenters. The molecule has 7 nitrogen and oxygen atoms in total. The van der Waals surface area contributed by atoms with E-state index in [2.05, 4.69) is 15.5 Å². The van der Waals surface area contributed by atoms with Gasteiger partial charge in [-0.1, -0.05) is 29.5 Å². The minimum Gasteiger partial charge on any atom is -0.455 e. The minimum atomic E-state index is -3.55. The number of carbonyl (C=O) groups is 1. The molecule has 0 atom stereocenters. The summed E-state index contributed by atoms with van der Waals surface area (Å²) >= 11 is 1.47. The molecule has 4 saturated carbocycles. The van der Waals surface area contributed by atoms with Crippen molar-refractivity contribution in [1.82, 2.24) is 10.2 Å². The Balaban J connectivity index is 1.14. The highest BCUT2D eigenvalue weighted by atomic mass is 32.2. The molecule has 33 heavy (non-hydrogen) atoms. The summed E-state index contributed by atoms with van der Waals surface area (Å²) < 4.78 is 30.7. The lowest BCUT2D eigenvalue weighted by atomic mass is 9.50. The average Bonchev–Trinajstić information content (AvgIpc) is 3.43. The summed E-state index contributed by atoms with van der Waals surface area (Å²) in [6.07, 6.45) is 7.67. The van der Waals surface area contributed by atoms with Gasteiger partial charge in [-0.05, 0) is 80.5 Å². The Morgan fingerprint density at radius 2 is 1.67 bits per heavy atom. The third kappa shape index (κ3) is 3.91. The molecular weight excluding hydrogens is 458 g/mol. The van der Waals surface area contributed by atoms with Gasteiger partial charge in [0.25, 0.3) is 5.91 Å². The topological polar surface area (TPSA) is 102 Å². The molecule has 2 aromatic heterocycles. The van der Waals surface area contributed by atoms with Crippen LogP contribution in [0, 0.1) is 17.8 Å². The Morgan fingerprint density at radius 3 is 2.33 bits per heavy atom. The van der Waals surface area contributed by atoms with E-state index in [9.17, 15) is 13.2 Å². The van der Waals surface area contributed by atoms with Gasteiger partial charge in [0.05, 0.1) is 4.90 Å². The minimum absolute atomic E-state index is 0.0554. The third-order valence-electron chi connectivity index (χ3n) is 7.46. The summed E-state index contributed by atoms with van der Waals surface area (Å²) in [4.78, 5) is 12.9. The first-order chi connectivity index (χ1) is 15.9. The van der Waals surface area contributed by atoms with Gasteiger partial charge >= 0.3 is 0 Å². The number of carbonyl (C=O) groups excluding carboxylic acids is 1. The number of hydrogen-bond acceptors (Lipinski definition) is 7. The van der Waals surface area contributed by atoms with E-state index in [0.29, 0.717) is 5.13 Å². The predicted octanol–water partition coefficient (Wildman–Crippen LogP) is 4.83. The van der Waals surface area contributed by atoms with E-state index in [1.165, 1.54) is 62.0 Å². The van der Waals surface area contributed by atoms with Crippen LogP contribution in [0.1, 0.15) is 59.8 Å². The number of amides is 1. The number of aromatic nitrogens is 2. The summed E-state index contributed by atoms with van der Waals surface area (Å²) in [5.41, 5.74) is 0.138. The fourth-order valence-corrected chi connectivity index (χ4v) is 8.72. The molecule has 4 fully saturated rings. The molecule has 4 aliphatic rings. The summed E-state index contributed by atoms with van der Waals surface area (Å²) in [6, 6.07) is 11.2. The molecule has 0 aliphatic heterocycles. The van der Waals surface area contributed by atoms with E-state index in [-0.39, 0.29) is 27.6 Å². The summed E-state index contributed by atoms with van der Waals surface area (Å²) in [5.74, 6) is 1.95. The fraction of sp³-hybridized carbons (Fsp3) is 0.458. The van der Waals surface area contributed by atoms with Crippen molar-refractivity contribution in [3.05, 3.63) is 59.0 Å². The van der Waals surface area contributed by atoms with E-state index in [1.54, 1.807) is 30.3 Å². The summed E-state index contributed by atoms with van der Waals surface area (Å²) in [7, 11) is -3.55. The highest BCUT2D eigenvalue weighted by Crippen LogP contribution is 2.61. The van der Waals surface area contributed by atoms with Crippen LogP contribution in [0.3, 0.4) is 0 Å². The van der Waals surface area contributed by atoms with Gasteiger partial charge in [-0.3, -0.25) is 10.1 Å². The van der Waals surface area contributed by atoms with E-state index in [1.807, 2.05) is 0 Å². The van der Waals surface area contributed by atoms with Crippen molar-refractivity contribution in [3.63, 3.8) is 0 Å². The molecule has 1 aromatic carbocycles. The Hall–Kier alpha value is -2.52. The molecule has 1 N–H and O–H groups in total. The molecule has 2 heterocycles. The van der Waals surface area contributed by atoms with Crippen LogP contribution < -0.4 is 5.32 Å². The van der Waals surface area contributed by atoms with Crippen molar-refractivity contribution in [2.45, 2.75) is 54.6 Å².